The molecule has 3 aliphatic heterocycles. The Kier molecular flexibility index (Phi) is 11.4. The van der Waals surface area contributed by atoms with Gasteiger partial charge in [-0.1, -0.05) is 42.5 Å². The molecule has 0 amide bonds. The third-order valence-electron chi connectivity index (χ3n) is 10.7. The van der Waals surface area contributed by atoms with Gasteiger partial charge in [0.25, 0.3) is 0 Å². The zero-order valence-electron chi connectivity index (χ0n) is 32.0. The van der Waals surface area contributed by atoms with E-state index in [-0.39, 0.29) is 40.7 Å². The number of rotatable bonds is 3. The first kappa shape index (κ1) is 39.9. The van der Waals surface area contributed by atoms with Gasteiger partial charge in [0, 0.05) is 5.46 Å². The summed E-state index contributed by atoms with van der Waals surface area (Å²) in [6.45, 7) is 24.2. The van der Waals surface area contributed by atoms with E-state index in [9.17, 15) is 0 Å². The number of hydrogen-bond donors (Lipinski definition) is 0. The molecule has 0 N–H and O–H groups in total. The van der Waals surface area contributed by atoms with Crippen molar-refractivity contribution in [2.75, 3.05) is 0 Å². The summed E-state index contributed by atoms with van der Waals surface area (Å²) in [7, 11) is -1.21. The summed E-state index contributed by atoms with van der Waals surface area (Å²) in [5.41, 5.74) is 2.41. The number of nitrogens with zero attached hydrogens (tertiary/aromatic N) is 3. The van der Waals surface area contributed by atoms with Gasteiger partial charge in [0.2, 0.25) is 0 Å². The van der Waals surface area contributed by atoms with Gasteiger partial charge in [0.1, 0.15) is 0 Å². The molecule has 3 saturated heterocycles. The zero-order valence-corrected chi connectivity index (χ0v) is 32.0. The molecule has 0 spiro atoms. The van der Waals surface area contributed by atoms with Crippen LogP contribution in [-0.2, 0) is 27.9 Å². The van der Waals surface area contributed by atoms with Crippen LogP contribution in [0.4, 0.5) is 0 Å². The van der Waals surface area contributed by atoms with E-state index in [0.29, 0.717) is 16.7 Å². The molecule has 51 heavy (non-hydrogen) atoms. The maximum atomic E-state index is 9.08. The van der Waals surface area contributed by atoms with Gasteiger partial charge in [-0.2, -0.15) is 15.8 Å². The predicted molar refractivity (Wildman–Crippen MR) is 201 cm³/mol. The lowest BCUT2D eigenvalue weighted by Crippen LogP contribution is -2.41. The monoisotopic (exact) mass is 687 g/mol. The molecule has 0 atom stereocenters. The molecule has 0 aliphatic carbocycles. The second kappa shape index (κ2) is 14.6. The summed E-state index contributed by atoms with van der Waals surface area (Å²) in [6.07, 6.45) is 0. The van der Waals surface area contributed by atoms with Gasteiger partial charge in [-0.3, -0.25) is 0 Å². The molecular formula is C39H48B3N3O6. The molecule has 3 aliphatic rings. The summed E-state index contributed by atoms with van der Waals surface area (Å²) in [5, 5.41) is 26.7. The van der Waals surface area contributed by atoms with E-state index in [1.807, 2.05) is 132 Å². The Morgan fingerprint density at radius 3 is 1.25 bits per heavy atom. The first-order valence-electron chi connectivity index (χ1n) is 17.1. The number of hydrogen-bond acceptors (Lipinski definition) is 9. The van der Waals surface area contributed by atoms with Crippen molar-refractivity contribution in [3.63, 3.8) is 0 Å². The molecular weight excluding hydrogens is 639 g/mol. The average Bonchev–Trinajstić information content (AvgIpc) is 3.54. The van der Waals surface area contributed by atoms with Crippen molar-refractivity contribution in [1.82, 2.24) is 0 Å². The van der Waals surface area contributed by atoms with Gasteiger partial charge in [0.05, 0.1) is 68.5 Å². The minimum Gasteiger partial charge on any atom is -0.399 e. The topological polar surface area (TPSA) is 127 Å². The van der Waals surface area contributed by atoms with Crippen LogP contribution < -0.4 is 16.4 Å². The summed E-state index contributed by atoms with van der Waals surface area (Å²) >= 11 is 0. The fourth-order valence-electron chi connectivity index (χ4n) is 5.20. The Bertz CT molecular complexity index is 1790. The van der Waals surface area contributed by atoms with Crippen LogP contribution in [0.25, 0.3) is 0 Å². The van der Waals surface area contributed by atoms with Gasteiger partial charge in [-0.05, 0) is 124 Å². The second-order valence-electron chi connectivity index (χ2n) is 15.9. The SMILES string of the molecule is CC1(C)OB(c2ccc(C#N)cc2)OC1(C)C.CC1(C)OB(c2cccc(C#N)c2)OC1(C)C.CC1(C)OB(c2ccccc2C#N)OC1(C)C. The van der Waals surface area contributed by atoms with Crippen molar-refractivity contribution in [1.29, 1.82) is 15.8 Å². The summed E-state index contributed by atoms with van der Waals surface area (Å²) < 4.78 is 35.5. The van der Waals surface area contributed by atoms with Crippen LogP contribution in [0.2, 0.25) is 0 Å². The standard InChI is InChI=1S/3C13H16BNO2/c1-12(2)13(3,4)17-14(16-12)11-7-5-10(9-15)6-8-11;1-12(2)13(3,4)17-14(16-12)11-7-5-6-10(8-11)9-15;1-12(2)13(3,4)17-14(16-12)11-8-6-5-7-10(11)9-15/h3*5-8H,1-4H3. The van der Waals surface area contributed by atoms with Crippen molar-refractivity contribution < 1.29 is 27.9 Å². The Morgan fingerprint density at radius 1 is 0.412 bits per heavy atom. The molecule has 0 radical (unpaired) electrons. The molecule has 0 aromatic heterocycles. The molecule has 6 rings (SSSR count). The first-order chi connectivity index (χ1) is 23.6. The molecule has 0 saturated carbocycles. The van der Waals surface area contributed by atoms with Crippen LogP contribution in [0.1, 0.15) is 99.8 Å². The molecule has 264 valence electrons. The van der Waals surface area contributed by atoms with E-state index < -0.39 is 14.2 Å². The van der Waals surface area contributed by atoms with Crippen molar-refractivity contribution in [2.24, 2.45) is 0 Å². The predicted octanol–water partition coefficient (Wildman–Crippen LogP) is 5.57. The van der Waals surface area contributed by atoms with Gasteiger partial charge < -0.3 is 27.9 Å². The molecule has 0 unspecified atom stereocenters. The van der Waals surface area contributed by atoms with Crippen LogP contribution in [0.15, 0.2) is 72.8 Å². The van der Waals surface area contributed by atoms with Crippen LogP contribution in [0.5, 0.6) is 0 Å². The molecule has 9 nitrogen and oxygen atoms in total. The third-order valence-corrected chi connectivity index (χ3v) is 10.7. The maximum absolute atomic E-state index is 9.08. The average molecular weight is 687 g/mol. The van der Waals surface area contributed by atoms with Crippen molar-refractivity contribution in [3.8, 4) is 18.2 Å². The van der Waals surface area contributed by atoms with E-state index in [0.717, 1.165) is 16.4 Å². The van der Waals surface area contributed by atoms with Gasteiger partial charge >= 0.3 is 21.4 Å². The van der Waals surface area contributed by atoms with E-state index in [2.05, 4.69) is 18.2 Å². The van der Waals surface area contributed by atoms with Gasteiger partial charge in [-0.15, -0.1) is 0 Å². The molecule has 3 aromatic carbocycles. The van der Waals surface area contributed by atoms with E-state index in [1.165, 1.54) is 0 Å². The Balaban J connectivity index is 0.000000172. The van der Waals surface area contributed by atoms with Crippen molar-refractivity contribution in [3.05, 3.63) is 89.5 Å². The molecule has 3 heterocycles. The minimum atomic E-state index is -0.462. The Labute approximate surface area is 305 Å². The van der Waals surface area contributed by atoms with E-state index in [4.69, 9.17) is 43.7 Å². The highest BCUT2D eigenvalue weighted by molar-refractivity contribution is 6.63. The molecule has 0 bridgehead atoms. The van der Waals surface area contributed by atoms with E-state index >= 15 is 0 Å². The maximum Gasteiger partial charge on any atom is 0.496 e. The lowest BCUT2D eigenvalue weighted by molar-refractivity contribution is 0.00578. The Morgan fingerprint density at radius 2 is 0.824 bits per heavy atom. The fraction of sp³-hybridized carbons (Fsp3) is 0.462. The normalized spacial score (nSPS) is 21.2. The van der Waals surface area contributed by atoms with Gasteiger partial charge in [0.15, 0.2) is 0 Å². The first-order valence-corrected chi connectivity index (χ1v) is 17.1. The second-order valence-corrected chi connectivity index (χ2v) is 15.9. The number of nitriles is 3. The summed E-state index contributed by atoms with van der Waals surface area (Å²) in [5.74, 6) is 0. The Hall–Kier alpha value is -3.92. The quantitative estimate of drug-likeness (QED) is 0.325. The smallest absolute Gasteiger partial charge is 0.399 e. The fourth-order valence-corrected chi connectivity index (χ4v) is 5.20. The summed E-state index contributed by atoms with van der Waals surface area (Å²) in [6, 6.07) is 28.4. The van der Waals surface area contributed by atoms with Crippen molar-refractivity contribution in [2.45, 2.75) is 117 Å². The highest BCUT2D eigenvalue weighted by atomic mass is 16.7. The molecule has 3 aromatic rings. The lowest BCUT2D eigenvalue weighted by atomic mass is 9.76. The minimum absolute atomic E-state index is 0.328. The highest BCUT2D eigenvalue weighted by Gasteiger charge is 2.53. The largest absolute Gasteiger partial charge is 0.496 e. The highest BCUT2D eigenvalue weighted by Crippen LogP contribution is 2.38. The van der Waals surface area contributed by atoms with Crippen LogP contribution in [0.3, 0.4) is 0 Å². The molecule has 12 heteroatoms. The molecule has 3 fully saturated rings. The lowest BCUT2D eigenvalue weighted by Gasteiger charge is -2.32. The third kappa shape index (κ3) is 8.59. The zero-order chi connectivity index (χ0) is 38.0. The van der Waals surface area contributed by atoms with Crippen LogP contribution in [-0.4, -0.2) is 55.0 Å². The van der Waals surface area contributed by atoms with Crippen LogP contribution >= 0.6 is 0 Å². The van der Waals surface area contributed by atoms with Crippen LogP contribution in [0, 0.1) is 34.0 Å². The van der Waals surface area contributed by atoms with Gasteiger partial charge in [-0.25, -0.2) is 0 Å². The number of benzene rings is 3. The van der Waals surface area contributed by atoms with E-state index in [1.54, 1.807) is 24.3 Å². The van der Waals surface area contributed by atoms with Crippen molar-refractivity contribution >= 4 is 37.7 Å². The summed E-state index contributed by atoms with van der Waals surface area (Å²) in [4.78, 5) is 0.